The fourth-order valence-electron chi connectivity index (χ4n) is 0.293. The molecule has 0 rings (SSSR count). The summed E-state index contributed by atoms with van der Waals surface area (Å²) >= 11 is 10.3. The Kier molecular flexibility index (Phi) is 7.04. The molecule has 0 aromatic rings. The minimum absolute atomic E-state index is 0.616. The van der Waals surface area contributed by atoms with E-state index in [2.05, 4.69) is 23.1 Å². The Bertz CT molecular complexity index is 49.3. The highest BCUT2D eigenvalue weighted by Crippen LogP contribution is 2.15. The number of alkyl halides is 1. The lowest BCUT2D eigenvalue weighted by atomic mass is 10.5. The van der Waals surface area contributed by atoms with Crippen LogP contribution in [0.15, 0.2) is 0 Å². The Labute approximate surface area is 68.2 Å². The van der Waals surface area contributed by atoms with Gasteiger partial charge in [-0.1, -0.05) is 18.9 Å². The molecule has 50 valence electrons. The number of hydrogen-bond acceptors (Lipinski definition) is 2. The largest absolute Gasteiger partial charge is 0.185 e. The highest BCUT2D eigenvalue weighted by molar-refractivity contribution is 9.09. The van der Waals surface area contributed by atoms with E-state index in [0.717, 1.165) is 13.0 Å². The second-order valence-corrected chi connectivity index (χ2v) is 4.18. The van der Waals surface area contributed by atoms with Crippen molar-refractivity contribution >= 4 is 39.7 Å². The fraction of sp³-hybridized carbons (Fsp3) is 1.00. The van der Waals surface area contributed by atoms with Crippen molar-refractivity contribution in [3.05, 3.63) is 0 Å². The Morgan fingerprint density at radius 3 is 2.75 bits per heavy atom. The summed E-state index contributed by atoms with van der Waals surface area (Å²) in [6.45, 7) is 3.17. The molecule has 0 heterocycles. The molecular formula is C4H9BrClNS. The summed E-state index contributed by atoms with van der Waals surface area (Å²) in [7, 11) is 0. The van der Waals surface area contributed by atoms with Gasteiger partial charge in [-0.25, -0.2) is 0 Å². The molecule has 0 fully saturated rings. The Morgan fingerprint density at radius 1 is 1.75 bits per heavy atom. The van der Waals surface area contributed by atoms with E-state index in [-0.39, 0.29) is 0 Å². The van der Waals surface area contributed by atoms with Crippen LogP contribution in [-0.4, -0.2) is 15.1 Å². The Morgan fingerprint density at radius 2 is 2.38 bits per heavy atom. The van der Waals surface area contributed by atoms with Crippen LogP contribution in [-0.2, 0) is 0 Å². The monoisotopic (exact) mass is 217 g/mol. The highest BCUT2D eigenvalue weighted by Gasteiger charge is 1.94. The highest BCUT2D eigenvalue weighted by atomic mass is 79.9. The van der Waals surface area contributed by atoms with E-state index in [0.29, 0.717) is 5.21 Å². The average Bonchev–Trinajstić information content (AvgIpc) is 1.68. The van der Waals surface area contributed by atoms with Crippen molar-refractivity contribution < 1.29 is 0 Å². The fourth-order valence-corrected chi connectivity index (χ4v) is 2.08. The average molecular weight is 219 g/mol. The van der Waals surface area contributed by atoms with Gasteiger partial charge in [0.1, 0.15) is 0 Å². The van der Waals surface area contributed by atoms with E-state index in [1.807, 2.05) is 3.33 Å². The zero-order valence-electron chi connectivity index (χ0n) is 4.73. The molecular weight excluding hydrogens is 209 g/mol. The van der Waals surface area contributed by atoms with Gasteiger partial charge in [0.15, 0.2) is 0 Å². The maximum absolute atomic E-state index is 5.42. The van der Waals surface area contributed by atoms with Crippen LogP contribution in [0.1, 0.15) is 13.3 Å². The standard InChI is InChI=1S/C4H9BrClNS/c1-2-3-7(5)8-4-6/h2-4H2,1H3. The minimum Gasteiger partial charge on any atom is -0.185 e. The summed E-state index contributed by atoms with van der Waals surface area (Å²) in [5.74, 6) is 0. The maximum atomic E-state index is 5.42. The molecule has 0 spiro atoms. The Hall–Kier alpha value is 1.08. The maximum Gasteiger partial charge on any atom is 0.0835 e. The molecule has 0 N–H and O–H groups in total. The minimum atomic E-state index is 0.616. The molecule has 0 amide bonds. The van der Waals surface area contributed by atoms with Crippen LogP contribution < -0.4 is 0 Å². The number of hydrogen-bond donors (Lipinski definition) is 0. The van der Waals surface area contributed by atoms with Gasteiger partial charge in [-0.2, -0.15) is 3.33 Å². The van der Waals surface area contributed by atoms with Crippen LogP contribution in [0.3, 0.4) is 0 Å². The van der Waals surface area contributed by atoms with Crippen LogP contribution in [0.2, 0.25) is 0 Å². The second-order valence-electron chi connectivity index (χ2n) is 1.28. The summed E-state index contributed by atoms with van der Waals surface area (Å²) in [4.78, 5) is 0. The summed E-state index contributed by atoms with van der Waals surface area (Å²) in [5, 5.41) is 0.616. The van der Waals surface area contributed by atoms with Gasteiger partial charge in [-0.15, -0.1) is 11.6 Å². The van der Waals surface area contributed by atoms with E-state index in [1.54, 1.807) is 11.9 Å². The lowest BCUT2D eigenvalue weighted by Crippen LogP contribution is -2.01. The molecule has 8 heavy (non-hydrogen) atoms. The summed E-state index contributed by atoms with van der Waals surface area (Å²) in [6, 6.07) is 0. The molecule has 0 aliphatic heterocycles. The van der Waals surface area contributed by atoms with Gasteiger partial charge >= 0.3 is 0 Å². The van der Waals surface area contributed by atoms with Crippen LogP contribution in [0.25, 0.3) is 0 Å². The quantitative estimate of drug-likeness (QED) is 0.406. The van der Waals surface area contributed by atoms with Gasteiger partial charge in [-0.05, 0) is 6.42 Å². The first-order valence-corrected chi connectivity index (χ1v) is 4.62. The van der Waals surface area contributed by atoms with Crippen LogP contribution in [0.5, 0.6) is 0 Å². The summed E-state index contributed by atoms with van der Waals surface area (Å²) in [5.41, 5.74) is 0. The number of halogens is 2. The van der Waals surface area contributed by atoms with Gasteiger partial charge in [0.25, 0.3) is 0 Å². The van der Waals surface area contributed by atoms with Crippen LogP contribution in [0, 0.1) is 0 Å². The Balaban J connectivity index is 2.92. The van der Waals surface area contributed by atoms with Crippen molar-refractivity contribution in [2.75, 3.05) is 11.8 Å². The first kappa shape index (κ1) is 9.08. The molecule has 4 heteroatoms. The van der Waals surface area contributed by atoms with Crippen molar-refractivity contribution in [1.29, 1.82) is 0 Å². The summed E-state index contributed by atoms with van der Waals surface area (Å²) in [6.07, 6.45) is 1.15. The molecule has 0 saturated carbocycles. The van der Waals surface area contributed by atoms with Crippen molar-refractivity contribution in [2.45, 2.75) is 13.3 Å². The van der Waals surface area contributed by atoms with E-state index in [1.165, 1.54) is 0 Å². The van der Waals surface area contributed by atoms with E-state index in [4.69, 9.17) is 11.6 Å². The van der Waals surface area contributed by atoms with E-state index >= 15 is 0 Å². The third-order valence-corrected chi connectivity index (χ3v) is 2.41. The molecule has 0 aliphatic carbocycles. The zero-order valence-corrected chi connectivity index (χ0v) is 7.89. The van der Waals surface area contributed by atoms with Crippen molar-refractivity contribution in [2.24, 2.45) is 0 Å². The molecule has 0 aromatic carbocycles. The lowest BCUT2D eigenvalue weighted by molar-refractivity contribution is 0.727. The predicted molar refractivity (Wildman–Crippen MR) is 44.2 cm³/mol. The van der Waals surface area contributed by atoms with Gasteiger partial charge in [0.05, 0.1) is 5.21 Å². The first-order chi connectivity index (χ1) is 3.81. The van der Waals surface area contributed by atoms with Crippen molar-refractivity contribution in [1.82, 2.24) is 3.33 Å². The molecule has 0 atom stereocenters. The topological polar surface area (TPSA) is 3.24 Å². The molecule has 1 nitrogen and oxygen atoms in total. The third-order valence-electron chi connectivity index (χ3n) is 0.588. The van der Waals surface area contributed by atoms with Gasteiger partial charge in [-0.3, -0.25) is 0 Å². The molecule has 0 saturated heterocycles. The normalized spacial score (nSPS) is 10.5. The molecule has 0 aromatic heterocycles. The lowest BCUT2D eigenvalue weighted by Gasteiger charge is -2.07. The SMILES string of the molecule is CCCN(Br)SCCl. The van der Waals surface area contributed by atoms with Crippen LogP contribution in [0.4, 0.5) is 0 Å². The van der Waals surface area contributed by atoms with Crippen molar-refractivity contribution in [3.8, 4) is 0 Å². The second kappa shape index (κ2) is 6.20. The first-order valence-electron chi connectivity index (χ1n) is 2.43. The molecule has 0 bridgehead atoms. The molecule has 0 aliphatic rings. The van der Waals surface area contributed by atoms with Gasteiger partial charge < -0.3 is 0 Å². The van der Waals surface area contributed by atoms with Gasteiger partial charge in [0, 0.05) is 22.7 Å². The van der Waals surface area contributed by atoms with E-state index in [9.17, 15) is 0 Å². The summed E-state index contributed by atoms with van der Waals surface area (Å²) < 4.78 is 1.96. The van der Waals surface area contributed by atoms with Gasteiger partial charge in [0.2, 0.25) is 0 Å². The molecule has 0 radical (unpaired) electrons. The third kappa shape index (κ3) is 5.22. The smallest absolute Gasteiger partial charge is 0.0835 e. The van der Waals surface area contributed by atoms with Crippen molar-refractivity contribution in [3.63, 3.8) is 0 Å². The number of rotatable bonds is 4. The predicted octanol–water partition coefficient (Wildman–Crippen LogP) is 2.85. The number of nitrogens with zero attached hydrogens (tertiary/aromatic N) is 1. The zero-order chi connectivity index (χ0) is 6.41. The molecule has 0 unspecified atom stereocenters. The van der Waals surface area contributed by atoms with Crippen LogP contribution >= 0.6 is 39.7 Å². The van der Waals surface area contributed by atoms with E-state index < -0.39 is 0 Å².